The van der Waals surface area contributed by atoms with Crippen LogP contribution in [-0.4, -0.2) is 79.3 Å². The first-order chi connectivity index (χ1) is 21.7. The van der Waals surface area contributed by atoms with E-state index in [-0.39, 0.29) is 30.3 Å². The highest BCUT2D eigenvalue weighted by atomic mass is 19.4. The van der Waals surface area contributed by atoms with Crippen molar-refractivity contribution < 1.29 is 49.8 Å². The Morgan fingerprint density at radius 1 is 1.02 bits per heavy atom. The monoisotopic (exact) mass is 658 g/mol. The molecule has 3 aromatic heterocycles. The molecular formula is C27H25F7N8O4. The maximum Gasteiger partial charge on any atom is 0.573 e. The second kappa shape index (κ2) is 13.2. The third kappa shape index (κ3) is 8.60. The molecule has 0 unspecified atom stereocenters. The van der Waals surface area contributed by atoms with E-state index >= 15 is 0 Å². The number of nitrogens with one attached hydrogen (secondary N) is 2. The molecule has 1 aliphatic heterocycles. The minimum Gasteiger partial charge on any atom is -0.440 e. The smallest absolute Gasteiger partial charge is 0.440 e. The minimum absolute atomic E-state index is 0.0598. The van der Waals surface area contributed by atoms with E-state index in [1.54, 1.807) is 0 Å². The van der Waals surface area contributed by atoms with Crippen LogP contribution in [0, 0.1) is 5.82 Å². The van der Waals surface area contributed by atoms with Crippen molar-refractivity contribution in [3.05, 3.63) is 65.0 Å². The van der Waals surface area contributed by atoms with Gasteiger partial charge in [-0.25, -0.2) is 9.18 Å². The molecule has 1 fully saturated rings. The highest BCUT2D eigenvalue weighted by molar-refractivity contribution is 5.91. The number of ether oxygens (including phenoxy) is 2. The number of aromatic nitrogens is 6. The van der Waals surface area contributed by atoms with Gasteiger partial charge in [-0.15, -0.1) is 23.4 Å². The number of carbonyl (C=O) groups excluding carboxylic acids is 2. The molecule has 12 nitrogen and oxygen atoms in total. The molecule has 4 heterocycles. The van der Waals surface area contributed by atoms with Gasteiger partial charge in [-0.05, 0) is 49.6 Å². The number of aryl methyl sites for hydroxylation is 2. The number of hydrogen-bond donors (Lipinski definition) is 2. The number of benzene rings is 1. The predicted molar refractivity (Wildman–Crippen MR) is 143 cm³/mol. The second-order valence-corrected chi connectivity index (χ2v) is 10.4. The van der Waals surface area contributed by atoms with Gasteiger partial charge in [-0.2, -0.15) is 18.3 Å². The standard InChI is InChI=1S/C27H25F7N8O4/c28-20-5-4-19(46-27(32,33)34)8-16(20)10-35-24(43)22-13-42(40-38-22)6-2-1-3-18-7-15-9-21(36-23(15)39-37-18)17-11-41(12-17)25(44)45-14-26(29,30)31/h4-5,7-9,13,17H,1-3,6,10-12,14H2,(H,35,43)(H,36,39). The molecule has 1 aromatic carbocycles. The van der Waals surface area contributed by atoms with Crippen LogP contribution in [0.25, 0.3) is 11.0 Å². The van der Waals surface area contributed by atoms with Gasteiger partial charge in [0.05, 0.1) is 11.9 Å². The van der Waals surface area contributed by atoms with Gasteiger partial charge in [0, 0.05) is 48.7 Å². The maximum absolute atomic E-state index is 14.0. The molecule has 246 valence electrons. The molecule has 46 heavy (non-hydrogen) atoms. The van der Waals surface area contributed by atoms with Crippen LogP contribution < -0.4 is 10.1 Å². The molecule has 2 N–H and O–H groups in total. The summed E-state index contributed by atoms with van der Waals surface area (Å²) in [6.07, 6.45) is -7.25. The third-order valence-corrected chi connectivity index (χ3v) is 6.92. The molecule has 0 atom stereocenters. The van der Waals surface area contributed by atoms with Gasteiger partial charge in [0.25, 0.3) is 5.91 Å². The van der Waals surface area contributed by atoms with E-state index in [1.165, 1.54) is 15.8 Å². The Morgan fingerprint density at radius 2 is 1.80 bits per heavy atom. The van der Waals surface area contributed by atoms with Crippen molar-refractivity contribution in [3.8, 4) is 5.75 Å². The van der Waals surface area contributed by atoms with Crippen molar-refractivity contribution in [3.63, 3.8) is 0 Å². The van der Waals surface area contributed by atoms with E-state index in [4.69, 9.17) is 0 Å². The number of carbonyl (C=O) groups is 2. The summed E-state index contributed by atoms with van der Waals surface area (Å²) in [7, 11) is 0. The first kappa shape index (κ1) is 32.4. The summed E-state index contributed by atoms with van der Waals surface area (Å²) in [5.74, 6) is -2.24. The van der Waals surface area contributed by atoms with Crippen LogP contribution in [0.15, 0.2) is 36.5 Å². The third-order valence-electron chi connectivity index (χ3n) is 6.92. The fourth-order valence-corrected chi connectivity index (χ4v) is 4.64. The number of halogens is 7. The quantitative estimate of drug-likeness (QED) is 0.176. The van der Waals surface area contributed by atoms with E-state index in [2.05, 4.69) is 40.3 Å². The summed E-state index contributed by atoms with van der Waals surface area (Å²) < 4.78 is 97.5. The van der Waals surface area contributed by atoms with Crippen LogP contribution in [0.4, 0.5) is 35.5 Å². The number of fused-ring (bicyclic) bond motifs is 1. The summed E-state index contributed by atoms with van der Waals surface area (Å²) in [6, 6.07) is 6.19. The van der Waals surface area contributed by atoms with Gasteiger partial charge in [0.1, 0.15) is 11.6 Å². The average Bonchev–Trinajstić information content (AvgIpc) is 3.59. The summed E-state index contributed by atoms with van der Waals surface area (Å²) in [5.41, 5.74) is 1.77. The van der Waals surface area contributed by atoms with Crippen LogP contribution in [-0.2, 0) is 24.2 Å². The van der Waals surface area contributed by atoms with E-state index < -0.39 is 49.3 Å². The zero-order chi connectivity index (χ0) is 33.1. The van der Waals surface area contributed by atoms with Gasteiger partial charge in [-0.3, -0.25) is 9.48 Å². The lowest BCUT2D eigenvalue weighted by Crippen LogP contribution is -2.49. The lowest BCUT2D eigenvalue weighted by atomic mass is 9.97. The molecule has 0 radical (unpaired) electrons. The number of amides is 2. The number of nitrogens with zero attached hydrogens (tertiary/aromatic N) is 6. The zero-order valence-corrected chi connectivity index (χ0v) is 23.7. The molecule has 2 amide bonds. The lowest BCUT2D eigenvalue weighted by Gasteiger charge is -2.37. The summed E-state index contributed by atoms with van der Waals surface area (Å²) >= 11 is 0. The Balaban J connectivity index is 1.05. The van der Waals surface area contributed by atoms with E-state index in [0.717, 1.165) is 35.0 Å². The van der Waals surface area contributed by atoms with Gasteiger partial charge in [-0.1, -0.05) is 5.21 Å². The summed E-state index contributed by atoms with van der Waals surface area (Å²) in [4.78, 5) is 28.5. The Hall–Kier alpha value is -4.97. The SMILES string of the molecule is O=C(NCc1cc(OC(F)(F)F)ccc1F)c1cn(CCCCc2cc3cc(C4CN(C(=O)OCC(F)(F)F)C4)[nH]c3nn2)nn1. The average molecular weight is 659 g/mol. The predicted octanol–water partition coefficient (Wildman–Crippen LogP) is 4.64. The highest BCUT2D eigenvalue weighted by Crippen LogP contribution is 2.30. The molecule has 1 aliphatic rings. The lowest BCUT2D eigenvalue weighted by molar-refractivity contribution is -0.274. The van der Waals surface area contributed by atoms with Crippen molar-refractivity contribution in [2.45, 2.75) is 50.8 Å². The van der Waals surface area contributed by atoms with Gasteiger partial charge in [0.15, 0.2) is 17.9 Å². The Morgan fingerprint density at radius 3 is 2.54 bits per heavy atom. The number of aromatic amines is 1. The van der Waals surface area contributed by atoms with E-state index in [1.807, 2.05) is 12.1 Å². The fraction of sp³-hybridized carbons (Fsp3) is 0.407. The number of likely N-dealkylation sites (tertiary alicyclic amines) is 1. The Labute approximate surface area is 254 Å². The van der Waals surface area contributed by atoms with E-state index in [0.29, 0.717) is 31.5 Å². The first-order valence-electron chi connectivity index (χ1n) is 13.8. The number of unbranched alkanes of at least 4 members (excludes halogenated alkanes) is 1. The Kier molecular flexibility index (Phi) is 9.29. The van der Waals surface area contributed by atoms with Crippen molar-refractivity contribution in [1.29, 1.82) is 0 Å². The van der Waals surface area contributed by atoms with Crippen molar-refractivity contribution in [1.82, 2.24) is 40.4 Å². The van der Waals surface area contributed by atoms with Gasteiger partial charge >= 0.3 is 18.6 Å². The van der Waals surface area contributed by atoms with Crippen LogP contribution in [0.2, 0.25) is 0 Å². The largest absolute Gasteiger partial charge is 0.573 e. The molecule has 4 aromatic rings. The second-order valence-electron chi connectivity index (χ2n) is 10.4. The molecular weight excluding hydrogens is 633 g/mol. The molecule has 0 bridgehead atoms. The van der Waals surface area contributed by atoms with Gasteiger partial charge < -0.3 is 24.7 Å². The fourth-order valence-electron chi connectivity index (χ4n) is 4.64. The van der Waals surface area contributed by atoms with Crippen LogP contribution in [0.5, 0.6) is 5.75 Å². The number of rotatable bonds is 11. The molecule has 0 spiro atoms. The Bertz CT molecular complexity index is 1700. The molecule has 19 heteroatoms. The normalized spacial score (nSPS) is 13.9. The van der Waals surface area contributed by atoms with Crippen LogP contribution >= 0.6 is 0 Å². The van der Waals surface area contributed by atoms with E-state index in [9.17, 15) is 40.3 Å². The molecule has 0 aliphatic carbocycles. The summed E-state index contributed by atoms with van der Waals surface area (Å²) in [5, 5.41) is 19.3. The molecule has 0 saturated carbocycles. The van der Waals surface area contributed by atoms with Crippen LogP contribution in [0.1, 0.15) is 46.2 Å². The van der Waals surface area contributed by atoms with Crippen LogP contribution in [0.3, 0.4) is 0 Å². The number of alkyl halides is 6. The van der Waals surface area contributed by atoms with Gasteiger partial charge in [0.2, 0.25) is 0 Å². The number of H-pyrrole nitrogens is 1. The topological polar surface area (TPSA) is 140 Å². The van der Waals surface area contributed by atoms with Crippen molar-refractivity contribution >= 4 is 23.0 Å². The number of hydrogen-bond acceptors (Lipinski definition) is 8. The highest BCUT2D eigenvalue weighted by Gasteiger charge is 2.37. The summed E-state index contributed by atoms with van der Waals surface area (Å²) in [6.45, 7) is -1.20. The minimum atomic E-state index is -4.94. The maximum atomic E-state index is 14.0. The molecule has 5 rings (SSSR count). The van der Waals surface area contributed by atoms with Crippen molar-refractivity contribution in [2.24, 2.45) is 0 Å². The zero-order valence-electron chi connectivity index (χ0n) is 23.7. The first-order valence-corrected chi connectivity index (χ1v) is 13.8. The molecule has 1 saturated heterocycles. The van der Waals surface area contributed by atoms with Crippen molar-refractivity contribution in [2.75, 3.05) is 19.7 Å².